The Labute approximate surface area is 624 Å². The Hall–Kier alpha value is -2.46. The SMILES string of the molecule is CCCCCC/C=C\C=C/CCCCCCCC(=O)O[C@H](COC(=O)CCCCCCCCCCC(C)CC)COP(=O)(O)OC[C@H](O)COP(=O)(O)OC[C@@H](COC(=O)CCCCCCCCCCCCCCCCCCC)OC(=O)CCCCCCCCCCCCCCCCCC(C)C. The molecule has 0 rings (SSSR count). The van der Waals surface area contributed by atoms with Crippen molar-refractivity contribution in [2.45, 2.75) is 432 Å². The van der Waals surface area contributed by atoms with Gasteiger partial charge in [0.2, 0.25) is 0 Å². The molecule has 0 bridgehead atoms. The van der Waals surface area contributed by atoms with Crippen LogP contribution in [0.1, 0.15) is 414 Å². The maximum atomic E-state index is 13.1. The Kier molecular flexibility index (Phi) is 72.2. The summed E-state index contributed by atoms with van der Waals surface area (Å²) in [7, 11) is -9.94. The lowest BCUT2D eigenvalue weighted by molar-refractivity contribution is -0.161. The van der Waals surface area contributed by atoms with E-state index in [1.807, 2.05) is 0 Å². The van der Waals surface area contributed by atoms with Crippen molar-refractivity contribution in [3.63, 3.8) is 0 Å². The monoisotopic (exact) mass is 1490 g/mol. The second kappa shape index (κ2) is 74.0. The second-order valence-electron chi connectivity index (χ2n) is 29.9. The van der Waals surface area contributed by atoms with Crippen LogP contribution in [0, 0.1) is 11.8 Å². The van der Waals surface area contributed by atoms with E-state index in [9.17, 15) is 43.2 Å². The quantitative estimate of drug-likeness (QED) is 0.0169. The van der Waals surface area contributed by atoms with E-state index < -0.39 is 97.5 Å². The van der Waals surface area contributed by atoms with Crippen molar-refractivity contribution in [1.29, 1.82) is 0 Å². The number of aliphatic hydroxyl groups is 1. The minimum Gasteiger partial charge on any atom is -0.462 e. The van der Waals surface area contributed by atoms with E-state index in [4.69, 9.17) is 37.0 Å². The molecule has 0 aliphatic carbocycles. The molecule has 19 heteroatoms. The fourth-order valence-electron chi connectivity index (χ4n) is 12.3. The van der Waals surface area contributed by atoms with Crippen LogP contribution in [0.3, 0.4) is 0 Å². The molecule has 0 aromatic heterocycles. The van der Waals surface area contributed by atoms with E-state index in [1.54, 1.807) is 0 Å². The van der Waals surface area contributed by atoms with Gasteiger partial charge in [-0.15, -0.1) is 0 Å². The standard InChI is InChI=1S/C83H158O17P2/c1-7-10-12-14-16-18-20-22-24-25-29-32-36-40-47-53-59-65-80(85)93-71-78(99-82(87)68-62-56-50-42-38-34-30-26-28-31-35-39-45-51-57-63-75(4)5)73-97-101(89,90)95-69-77(84)70-96-102(91,92)98-74-79(72-94-81(86)66-60-54-48-44-43-46-52-58-64-76(6)9-3)100-83(88)67-61-55-49-41-37-33-27-23-21-19-17-15-13-11-8-2/h19,21,23,27,75-79,84H,7-18,20,22,24-26,28-74H2,1-6H3,(H,89,90)(H,91,92)/b21-19-,27-23-/t76?,77-,78-,79-/m1/s1. The van der Waals surface area contributed by atoms with E-state index >= 15 is 0 Å². The largest absolute Gasteiger partial charge is 0.472 e. The zero-order valence-corrected chi connectivity index (χ0v) is 68.2. The van der Waals surface area contributed by atoms with Crippen LogP contribution < -0.4 is 0 Å². The fraction of sp³-hybridized carbons (Fsp3) is 0.904. The predicted molar refractivity (Wildman–Crippen MR) is 418 cm³/mol. The summed E-state index contributed by atoms with van der Waals surface area (Å²) in [6.07, 6.45) is 67.3. The number of allylic oxidation sites excluding steroid dienone is 4. The van der Waals surface area contributed by atoms with Gasteiger partial charge >= 0.3 is 39.5 Å². The van der Waals surface area contributed by atoms with Crippen LogP contribution in [0.5, 0.6) is 0 Å². The Morgan fingerprint density at radius 3 is 0.882 bits per heavy atom. The van der Waals surface area contributed by atoms with Crippen LogP contribution >= 0.6 is 15.6 Å². The number of carbonyl (C=O) groups excluding carboxylic acids is 4. The van der Waals surface area contributed by atoms with Gasteiger partial charge in [0.05, 0.1) is 26.4 Å². The molecule has 6 atom stereocenters. The van der Waals surface area contributed by atoms with Crippen LogP contribution in [0.25, 0.3) is 0 Å². The average Bonchev–Trinajstić information content (AvgIpc) is 0.927. The third-order valence-electron chi connectivity index (χ3n) is 19.2. The minimum atomic E-state index is -4.97. The van der Waals surface area contributed by atoms with Crippen molar-refractivity contribution in [2.24, 2.45) is 11.8 Å². The van der Waals surface area contributed by atoms with Gasteiger partial charge < -0.3 is 33.8 Å². The van der Waals surface area contributed by atoms with Gasteiger partial charge in [-0.3, -0.25) is 37.3 Å². The summed E-state index contributed by atoms with van der Waals surface area (Å²) < 4.78 is 68.8. The molecule has 0 saturated heterocycles. The summed E-state index contributed by atoms with van der Waals surface area (Å²) in [6, 6.07) is 0. The van der Waals surface area contributed by atoms with Gasteiger partial charge in [0, 0.05) is 25.7 Å². The molecule has 0 aromatic rings. The highest BCUT2D eigenvalue weighted by atomic mass is 31.2. The smallest absolute Gasteiger partial charge is 0.462 e. The van der Waals surface area contributed by atoms with Crippen molar-refractivity contribution in [2.75, 3.05) is 39.6 Å². The zero-order chi connectivity index (χ0) is 74.9. The van der Waals surface area contributed by atoms with E-state index in [2.05, 4.69) is 65.8 Å². The van der Waals surface area contributed by atoms with Crippen LogP contribution in [0.2, 0.25) is 0 Å². The summed E-state index contributed by atoms with van der Waals surface area (Å²) >= 11 is 0. The molecule has 3 unspecified atom stereocenters. The van der Waals surface area contributed by atoms with Crippen LogP contribution in [-0.2, 0) is 65.4 Å². The maximum absolute atomic E-state index is 13.1. The van der Waals surface area contributed by atoms with E-state index in [0.29, 0.717) is 25.7 Å². The van der Waals surface area contributed by atoms with Crippen LogP contribution in [0.15, 0.2) is 24.3 Å². The topological polar surface area (TPSA) is 237 Å². The lowest BCUT2D eigenvalue weighted by Crippen LogP contribution is -2.30. The molecule has 3 N–H and O–H groups in total. The molecule has 602 valence electrons. The van der Waals surface area contributed by atoms with Crippen molar-refractivity contribution in [3.05, 3.63) is 24.3 Å². The van der Waals surface area contributed by atoms with E-state index in [1.165, 1.54) is 218 Å². The molecular weight excluding hydrogens is 1330 g/mol. The number of phosphoric ester groups is 2. The summed E-state index contributed by atoms with van der Waals surface area (Å²) in [5.74, 6) is -0.560. The molecule has 0 saturated carbocycles. The number of ether oxygens (including phenoxy) is 4. The Balaban J connectivity index is 5.30. The van der Waals surface area contributed by atoms with Gasteiger partial charge in [-0.25, -0.2) is 9.13 Å². The molecule has 17 nitrogen and oxygen atoms in total. The Morgan fingerprint density at radius 2 is 0.578 bits per heavy atom. The number of unbranched alkanes of at least 4 members (excludes halogenated alkanes) is 46. The lowest BCUT2D eigenvalue weighted by Gasteiger charge is -2.21. The highest BCUT2D eigenvalue weighted by molar-refractivity contribution is 7.47. The van der Waals surface area contributed by atoms with Gasteiger partial charge in [0.1, 0.15) is 19.3 Å². The summed E-state index contributed by atoms with van der Waals surface area (Å²) in [5.41, 5.74) is 0. The Bertz CT molecular complexity index is 2060. The number of carbonyl (C=O) groups is 4. The van der Waals surface area contributed by atoms with Crippen molar-refractivity contribution >= 4 is 39.5 Å². The fourth-order valence-corrected chi connectivity index (χ4v) is 13.9. The first-order chi connectivity index (χ1) is 49.4. The van der Waals surface area contributed by atoms with Crippen LogP contribution in [0.4, 0.5) is 0 Å². The summed E-state index contributed by atoms with van der Waals surface area (Å²) in [5, 5.41) is 10.7. The third-order valence-corrected chi connectivity index (χ3v) is 21.1. The molecule has 0 amide bonds. The number of aliphatic hydroxyl groups excluding tert-OH is 1. The van der Waals surface area contributed by atoms with Gasteiger partial charge in [-0.1, -0.05) is 361 Å². The first kappa shape index (κ1) is 99.5. The molecule has 0 fully saturated rings. The number of esters is 4. The average molecular weight is 1490 g/mol. The van der Waals surface area contributed by atoms with Crippen LogP contribution in [-0.4, -0.2) is 96.7 Å². The lowest BCUT2D eigenvalue weighted by atomic mass is 9.99. The second-order valence-corrected chi connectivity index (χ2v) is 32.8. The van der Waals surface area contributed by atoms with Gasteiger partial charge in [-0.2, -0.15) is 0 Å². The first-order valence-corrected chi connectivity index (χ1v) is 45.3. The zero-order valence-electron chi connectivity index (χ0n) is 66.4. The Morgan fingerprint density at radius 1 is 0.324 bits per heavy atom. The molecule has 0 aliphatic rings. The number of hydrogen-bond acceptors (Lipinski definition) is 15. The maximum Gasteiger partial charge on any atom is 0.472 e. The first-order valence-electron chi connectivity index (χ1n) is 42.3. The highest BCUT2D eigenvalue weighted by Gasteiger charge is 2.30. The number of phosphoric acid groups is 2. The molecule has 0 spiro atoms. The van der Waals surface area contributed by atoms with Crippen molar-refractivity contribution in [3.8, 4) is 0 Å². The molecule has 102 heavy (non-hydrogen) atoms. The van der Waals surface area contributed by atoms with Gasteiger partial charge in [0.15, 0.2) is 12.2 Å². The van der Waals surface area contributed by atoms with Crippen molar-refractivity contribution in [1.82, 2.24) is 0 Å². The summed E-state index contributed by atoms with van der Waals surface area (Å²) in [6.45, 7) is 9.61. The third kappa shape index (κ3) is 74.4. The molecule has 0 aromatic carbocycles. The molecule has 0 heterocycles. The predicted octanol–water partition coefficient (Wildman–Crippen LogP) is 24.6. The minimum absolute atomic E-state index is 0.0848. The van der Waals surface area contributed by atoms with E-state index in [0.717, 1.165) is 115 Å². The number of rotatable bonds is 80. The normalized spacial score (nSPS) is 14.3. The molecule has 0 radical (unpaired) electrons. The van der Waals surface area contributed by atoms with E-state index in [-0.39, 0.29) is 25.7 Å². The highest BCUT2D eigenvalue weighted by Crippen LogP contribution is 2.45. The number of hydrogen-bond donors (Lipinski definition) is 3. The van der Waals surface area contributed by atoms with Gasteiger partial charge in [0.25, 0.3) is 0 Å². The summed E-state index contributed by atoms with van der Waals surface area (Å²) in [4.78, 5) is 73.1. The molecule has 0 aliphatic heterocycles. The van der Waals surface area contributed by atoms with Crippen molar-refractivity contribution < 1.29 is 80.2 Å². The molecular formula is C83H158O17P2. The van der Waals surface area contributed by atoms with Gasteiger partial charge in [-0.05, 0) is 63.2 Å².